The van der Waals surface area contributed by atoms with Crippen LogP contribution in [0.1, 0.15) is 11.4 Å². The average molecular weight is 277 g/mol. The molecule has 1 rings (SSSR count). The normalized spacial score (nSPS) is 11.7. The molecule has 0 atom stereocenters. The lowest BCUT2D eigenvalue weighted by Gasteiger charge is -2.05. The lowest BCUT2D eigenvalue weighted by atomic mass is 10.4. The van der Waals surface area contributed by atoms with Gasteiger partial charge in [-0.2, -0.15) is 5.10 Å². The summed E-state index contributed by atoms with van der Waals surface area (Å²) < 4.78 is 27.1. The van der Waals surface area contributed by atoms with E-state index in [0.29, 0.717) is 0 Å². The smallest absolute Gasteiger partial charge is 0.325 e. The third kappa shape index (κ3) is 3.06. The number of aliphatic hydroxyl groups excluding tert-OH is 1. The minimum absolute atomic E-state index is 0.0443. The Morgan fingerprint density at radius 1 is 1.44 bits per heavy atom. The van der Waals surface area contributed by atoms with E-state index < -0.39 is 22.5 Å². The average Bonchev–Trinajstić information content (AvgIpc) is 2.51. The van der Waals surface area contributed by atoms with Gasteiger partial charge in [0.05, 0.1) is 18.0 Å². The van der Waals surface area contributed by atoms with Gasteiger partial charge in [-0.3, -0.25) is 9.48 Å². The van der Waals surface area contributed by atoms with Crippen LogP contribution in [0.2, 0.25) is 0 Å². The van der Waals surface area contributed by atoms with E-state index >= 15 is 0 Å². The monoisotopic (exact) mass is 277 g/mol. The summed E-state index contributed by atoms with van der Waals surface area (Å²) >= 11 is 0. The maximum atomic E-state index is 11.9. The molecule has 102 valence electrons. The molecule has 9 heteroatoms. The quantitative estimate of drug-likeness (QED) is 0.604. The second-order valence-electron chi connectivity index (χ2n) is 3.67. The van der Waals surface area contributed by atoms with Gasteiger partial charge in [-0.05, 0) is 13.8 Å². The van der Waals surface area contributed by atoms with E-state index in [-0.39, 0.29) is 29.4 Å². The van der Waals surface area contributed by atoms with Crippen molar-refractivity contribution < 1.29 is 23.4 Å². The summed E-state index contributed by atoms with van der Waals surface area (Å²) in [6.45, 7) is 2.14. The van der Waals surface area contributed by atoms with E-state index in [4.69, 9.17) is 10.2 Å². The lowest BCUT2D eigenvalue weighted by Crippen LogP contribution is -2.27. The second kappa shape index (κ2) is 5.46. The van der Waals surface area contributed by atoms with Crippen LogP contribution in [-0.2, 0) is 21.4 Å². The molecule has 0 aliphatic heterocycles. The first-order valence-electron chi connectivity index (χ1n) is 5.16. The molecule has 0 aliphatic carbocycles. The van der Waals surface area contributed by atoms with Gasteiger partial charge in [-0.1, -0.05) is 0 Å². The van der Waals surface area contributed by atoms with Gasteiger partial charge in [0.2, 0.25) is 10.0 Å². The van der Waals surface area contributed by atoms with Crippen LogP contribution < -0.4 is 4.72 Å². The van der Waals surface area contributed by atoms with Crippen LogP contribution in [0.3, 0.4) is 0 Å². The number of nitrogens with zero attached hydrogens (tertiary/aromatic N) is 2. The van der Waals surface area contributed by atoms with Crippen LogP contribution in [0.5, 0.6) is 0 Å². The van der Waals surface area contributed by atoms with Gasteiger partial charge >= 0.3 is 5.97 Å². The predicted octanol–water partition coefficient (Wildman–Crippen LogP) is -1.14. The SMILES string of the molecule is Cc1nn(CC(=O)O)c(C)c1S(=O)(=O)NCCO. The van der Waals surface area contributed by atoms with Gasteiger partial charge in [0.15, 0.2) is 0 Å². The molecule has 0 bridgehead atoms. The standard InChI is InChI=1S/C9H15N3O5S/c1-6-9(18(16,17)10-3-4-13)7(2)12(11-6)5-8(14)15/h10,13H,3-5H2,1-2H3,(H,14,15). The number of nitrogens with one attached hydrogen (secondary N) is 1. The molecule has 1 aromatic rings. The van der Waals surface area contributed by atoms with Crippen molar-refractivity contribution >= 4 is 16.0 Å². The fourth-order valence-corrected chi connectivity index (χ4v) is 3.03. The van der Waals surface area contributed by atoms with E-state index in [0.717, 1.165) is 4.68 Å². The largest absolute Gasteiger partial charge is 0.480 e. The molecule has 0 fully saturated rings. The van der Waals surface area contributed by atoms with Crippen LogP contribution >= 0.6 is 0 Å². The van der Waals surface area contributed by atoms with Crippen molar-refractivity contribution in [1.29, 1.82) is 0 Å². The topological polar surface area (TPSA) is 122 Å². The van der Waals surface area contributed by atoms with Gasteiger partial charge in [-0.25, -0.2) is 13.1 Å². The van der Waals surface area contributed by atoms with E-state index in [1.54, 1.807) is 0 Å². The summed E-state index contributed by atoms with van der Waals surface area (Å²) in [7, 11) is -3.78. The number of aliphatic carboxylic acids is 1. The number of carboxylic acid groups (broad SMARTS) is 1. The molecule has 0 aromatic carbocycles. The van der Waals surface area contributed by atoms with Crippen LogP contribution in [-0.4, -0.2) is 47.5 Å². The van der Waals surface area contributed by atoms with Crippen LogP contribution in [0, 0.1) is 13.8 Å². The van der Waals surface area contributed by atoms with E-state index in [2.05, 4.69) is 9.82 Å². The van der Waals surface area contributed by atoms with E-state index in [9.17, 15) is 13.2 Å². The Hall–Kier alpha value is -1.45. The second-order valence-corrected chi connectivity index (χ2v) is 5.38. The molecule has 0 amide bonds. The van der Waals surface area contributed by atoms with Crippen molar-refractivity contribution in [1.82, 2.24) is 14.5 Å². The first-order chi connectivity index (χ1) is 8.29. The van der Waals surface area contributed by atoms with Gasteiger partial charge < -0.3 is 10.2 Å². The summed E-state index contributed by atoms with van der Waals surface area (Å²) in [5.41, 5.74) is 0.472. The summed E-state index contributed by atoms with van der Waals surface area (Å²) in [4.78, 5) is 10.6. The first-order valence-corrected chi connectivity index (χ1v) is 6.64. The Bertz CT molecular complexity index is 549. The van der Waals surface area contributed by atoms with Crippen molar-refractivity contribution in [3.63, 3.8) is 0 Å². The molecule has 8 nitrogen and oxygen atoms in total. The number of carbonyl (C=O) groups is 1. The van der Waals surface area contributed by atoms with Crippen LogP contribution in [0.25, 0.3) is 0 Å². The predicted molar refractivity (Wildman–Crippen MR) is 61.6 cm³/mol. The number of sulfonamides is 1. The maximum Gasteiger partial charge on any atom is 0.325 e. The Kier molecular flexibility index (Phi) is 4.43. The zero-order valence-electron chi connectivity index (χ0n) is 10.0. The van der Waals surface area contributed by atoms with E-state index in [1.807, 2.05) is 0 Å². The number of aliphatic hydroxyl groups is 1. The van der Waals surface area contributed by atoms with Crippen molar-refractivity contribution in [3.05, 3.63) is 11.4 Å². The van der Waals surface area contributed by atoms with E-state index in [1.165, 1.54) is 13.8 Å². The molecule has 0 saturated carbocycles. The Morgan fingerprint density at radius 3 is 2.56 bits per heavy atom. The molecular formula is C9H15N3O5S. The van der Waals surface area contributed by atoms with Crippen molar-refractivity contribution in [2.24, 2.45) is 0 Å². The van der Waals surface area contributed by atoms with Gasteiger partial charge in [0.1, 0.15) is 11.4 Å². The minimum Gasteiger partial charge on any atom is -0.480 e. The number of hydrogen-bond acceptors (Lipinski definition) is 5. The highest BCUT2D eigenvalue weighted by atomic mass is 32.2. The van der Waals surface area contributed by atoms with Crippen LogP contribution in [0.4, 0.5) is 0 Å². The third-order valence-electron chi connectivity index (χ3n) is 2.27. The third-order valence-corrected chi connectivity index (χ3v) is 3.99. The van der Waals surface area contributed by atoms with Crippen molar-refractivity contribution in [2.45, 2.75) is 25.3 Å². The molecule has 0 unspecified atom stereocenters. The Labute approximate surface area is 104 Å². The fraction of sp³-hybridized carbons (Fsp3) is 0.556. The number of hydrogen-bond donors (Lipinski definition) is 3. The highest BCUT2D eigenvalue weighted by Crippen LogP contribution is 2.18. The summed E-state index contributed by atoms with van der Waals surface area (Å²) in [6, 6.07) is 0. The van der Waals surface area contributed by atoms with Crippen molar-refractivity contribution in [2.75, 3.05) is 13.2 Å². The molecule has 0 radical (unpaired) electrons. The Balaban J connectivity index is 3.17. The molecular weight excluding hydrogens is 262 g/mol. The number of rotatable bonds is 6. The number of aromatic nitrogens is 2. The first kappa shape index (κ1) is 14.6. The summed E-state index contributed by atoms with van der Waals surface area (Å²) in [6.07, 6.45) is 0. The molecule has 18 heavy (non-hydrogen) atoms. The van der Waals surface area contributed by atoms with Gasteiger partial charge in [-0.15, -0.1) is 0 Å². The number of carboxylic acids is 1. The number of aryl methyl sites for hydroxylation is 1. The highest BCUT2D eigenvalue weighted by molar-refractivity contribution is 7.89. The Morgan fingerprint density at radius 2 is 2.06 bits per heavy atom. The summed E-state index contributed by atoms with van der Waals surface area (Å²) in [5, 5.41) is 21.2. The lowest BCUT2D eigenvalue weighted by molar-refractivity contribution is -0.137. The minimum atomic E-state index is -3.78. The highest BCUT2D eigenvalue weighted by Gasteiger charge is 2.24. The molecule has 3 N–H and O–H groups in total. The molecule has 0 spiro atoms. The fourth-order valence-electron chi connectivity index (χ4n) is 1.60. The molecule has 1 heterocycles. The summed E-state index contributed by atoms with van der Waals surface area (Å²) in [5.74, 6) is -1.10. The molecule has 0 aliphatic rings. The molecule has 1 aromatic heterocycles. The maximum absolute atomic E-state index is 11.9. The van der Waals surface area contributed by atoms with Crippen LogP contribution in [0.15, 0.2) is 4.90 Å². The van der Waals surface area contributed by atoms with Crippen molar-refractivity contribution in [3.8, 4) is 0 Å². The zero-order chi connectivity index (χ0) is 13.9. The zero-order valence-corrected chi connectivity index (χ0v) is 10.9. The van der Waals surface area contributed by atoms with Gasteiger partial charge in [0, 0.05) is 6.54 Å². The van der Waals surface area contributed by atoms with Gasteiger partial charge in [0.25, 0.3) is 0 Å². The molecule has 0 saturated heterocycles.